The summed E-state index contributed by atoms with van der Waals surface area (Å²) in [5.41, 5.74) is 2.40. The second-order valence-electron chi connectivity index (χ2n) is 5.46. The number of aromatic nitrogens is 2. The number of thioether (sulfide) groups is 1. The van der Waals surface area contributed by atoms with Crippen molar-refractivity contribution >= 4 is 28.7 Å². The minimum absolute atomic E-state index is 0.0663. The quantitative estimate of drug-likeness (QED) is 0.715. The Kier molecular flexibility index (Phi) is 5.15. The second kappa shape index (κ2) is 7.49. The Bertz CT molecular complexity index is 816. The Hall–Kier alpha value is -2.34. The fourth-order valence-corrected chi connectivity index (χ4v) is 3.10. The molecule has 0 radical (unpaired) electrons. The minimum Gasteiger partial charge on any atom is -0.351 e. The molecule has 0 aliphatic rings. The Labute approximate surface area is 143 Å². The summed E-state index contributed by atoms with van der Waals surface area (Å²) < 4.78 is 13.5. The summed E-state index contributed by atoms with van der Waals surface area (Å²) in [5, 5.41) is 2.81. The summed E-state index contributed by atoms with van der Waals surface area (Å²) in [5.74, 6) is 0.725. The number of amides is 1. The van der Waals surface area contributed by atoms with Crippen molar-refractivity contribution in [3.63, 3.8) is 0 Å². The fourth-order valence-electron chi connectivity index (χ4n) is 2.33. The number of nitrogens with one attached hydrogen (secondary N) is 2. The van der Waals surface area contributed by atoms with E-state index in [0.717, 1.165) is 16.9 Å². The highest BCUT2D eigenvalue weighted by Gasteiger charge is 2.13. The van der Waals surface area contributed by atoms with Crippen LogP contribution in [0.3, 0.4) is 0 Å². The van der Waals surface area contributed by atoms with E-state index >= 15 is 0 Å². The Morgan fingerprint density at radius 2 is 2.00 bits per heavy atom. The number of imidazole rings is 1. The maximum absolute atomic E-state index is 13.5. The van der Waals surface area contributed by atoms with E-state index in [4.69, 9.17) is 0 Å². The minimum atomic E-state index is -0.305. The van der Waals surface area contributed by atoms with Gasteiger partial charge < -0.3 is 10.3 Å². The molecule has 0 unspecified atom stereocenters. The lowest BCUT2D eigenvalue weighted by molar-refractivity contribution is -0.118. The number of hydrogen-bond donors (Lipinski definition) is 2. The van der Waals surface area contributed by atoms with Crippen LogP contribution in [0.5, 0.6) is 0 Å². The van der Waals surface area contributed by atoms with Gasteiger partial charge in [-0.3, -0.25) is 4.79 Å². The van der Waals surface area contributed by atoms with E-state index < -0.39 is 0 Å². The topological polar surface area (TPSA) is 57.8 Å². The number of nitrogens with zero attached hydrogens (tertiary/aromatic N) is 1. The second-order valence-corrected chi connectivity index (χ2v) is 6.79. The van der Waals surface area contributed by atoms with Crippen molar-refractivity contribution in [2.75, 3.05) is 5.75 Å². The summed E-state index contributed by atoms with van der Waals surface area (Å²) in [4.78, 5) is 19.8. The Morgan fingerprint density at radius 1 is 1.25 bits per heavy atom. The molecule has 1 aromatic heterocycles. The van der Waals surface area contributed by atoms with Crippen LogP contribution in [0.4, 0.5) is 4.39 Å². The van der Waals surface area contributed by atoms with Crippen molar-refractivity contribution in [3.8, 4) is 0 Å². The van der Waals surface area contributed by atoms with Gasteiger partial charge in [0.2, 0.25) is 5.91 Å². The number of fused-ring (bicyclic) bond motifs is 1. The number of hydrogen-bond acceptors (Lipinski definition) is 3. The van der Waals surface area contributed by atoms with Gasteiger partial charge in [-0.1, -0.05) is 30.3 Å². The molecule has 0 fully saturated rings. The van der Waals surface area contributed by atoms with Gasteiger partial charge in [0.15, 0.2) is 0 Å². The predicted molar refractivity (Wildman–Crippen MR) is 95.2 cm³/mol. The van der Waals surface area contributed by atoms with E-state index in [1.54, 1.807) is 18.2 Å². The van der Waals surface area contributed by atoms with Crippen LogP contribution in [0.25, 0.3) is 11.0 Å². The summed E-state index contributed by atoms with van der Waals surface area (Å²) in [7, 11) is 0. The average molecular weight is 343 g/mol. The van der Waals surface area contributed by atoms with E-state index in [1.165, 1.54) is 17.8 Å². The van der Waals surface area contributed by atoms with Gasteiger partial charge in [-0.15, -0.1) is 11.8 Å². The molecule has 1 amide bonds. The van der Waals surface area contributed by atoms with E-state index in [-0.39, 0.29) is 23.5 Å². The molecule has 0 saturated heterocycles. The predicted octanol–water partition coefficient (Wildman–Crippen LogP) is 3.81. The van der Waals surface area contributed by atoms with Crippen LogP contribution in [0.2, 0.25) is 0 Å². The van der Waals surface area contributed by atoms with Crippen LogP contribution in [0.15, 0.2) is 48.5 Å². The number of aromatic amines is 1. The fraction of sp³-hybridized carbons (Fsp3) is 0.222. The van der Waals surface area contributed by atoms with E-state index in [1.807, 2.05) is 31.2 Å². The molecule has 1 atom stereocenters. The SMILES string of the molecule is C[C@@H](SCC(=O)NCc1ccccc1F)c1nc2ccccc2[nH]1. The number of H-pyrrole nitrogens is 1. The van der Waals surface area contributed by atoms with Crippen LogP contribution >= 0.6 is 11.8 Å². The number of carbonyl (C=O) groups is 1. The van der Waals surface area contributed by atoms with Crippen molar-refractivity contribution in [1.82, 2.24) is 15.3 Å². The Balaban J connectivity index is 1.51. The molecule has 24 heavy (non-hydrogen) atoms. The lowest BCUT2D eigenvalue weighted by Crippen LogP contribution is -2.25. The van der Waals surface area contributed by atoms with Crippen molar-refractivity contribution in [2.24, 2.45) is 0 Å². The van der Waals surface area contributed by atoms with Gasteiger partial charge in [0.05, 0.1) is 22.0 Å². The first-order chi connectivity index (χ1) is 11.6. The lowest BCUT2D eigenvalue weighted by Gasteiger charge is -2.09. The van der Waals surface area contributed by atoms with Crippen molar-refractivity contribution in [1.29, 1.82) is 0 Å². The monoisotopic (exact) mass is 343 g/mol. The summed E-state index contributed by atoms with van der Waals surface area (Å²) in [6, 6.07) is 14.3. The van der Waals surface area contributed by atoms with E-state index in [2.05, 4.69) is 15.3 Å². The summed E-state index contributed by atoms with van der Waals surface area (Å²) >= 11 is 1.49. The third kappa shape index (κ3) is 3.94. The zero-order valence-corrected chi connectivity index (χ0v) is 14.1. The molecule has 0 saturated carbocycles. The van der Waals surface area contributed by atoms with Crippen LogP contribution in [0.1, 0.15) is 23.6 Å². The van der Waals surface area contributed by atoms with Gasteiger partial charge >= 0.3 is 0 Å². The molecule has 4 nitrogen and oxygen atoms in total. The van der Waals surface area contributed by atoms with Crippen LogP contribution in [-0.4, -0.2) is 21.6 Å². The van der Waals surface area contributed by atoms with Gasteiger partial charge in [-0.2, -0.15) is 0 Å². The molecule has 0 bridgehead atoms. The van der Waals surface area contributed by atoms with Gasteiger partial charge in [-0.05, 0) is 25.1 Å². The third-order valence-corrected chi connectivity index (χ3v) is 4.84. The summed E-state index contributed by atoms with van der Waals surface area (Å²) in [6.45, 7) is 2.21. The number of para-hydroxylation sites is 2. The highest BCUT2D eigenvalue weighted by atomic mass is 32.2. The molecule has 3 rings (SSSR count). The maximum atomic E-state index is 13.5. The third-order valence-electron chi connectivity index (χ3n) is 3.69. The number of carbonyl (C=O) groups excluding carboxylic acids is 1. The van der Waals surface area contributed by atoms with E-state index in [0.29, 0.717) is 11.3 Å². The molecule has 3 aromatic rings. The molecule has 6 heteroatoms. The molecule has 0 aliphatic carbocycles. The smallest absolute Gasteiger partial charge is 0.230 e. The molecule has 124 valence electrons. The van der Waals surface area contributed by atoms with Crippen molar-refractivity contribution in [2.45, 2.75) is 18.7 Å². The lowest BCUT2D eigenvalue weighted by atomic mass is 10.2. The van der Waals surface area contributed by atoms with Gasteiger partial charge in [0.1, 0.15) is 11.6 Å². The first-order valence-corrected chi connectivity index (χ1v) is 8.74. The molecule has 2 aromatic carbocycles. The first kappa shape index (κ1) is 16.5. The molecule has 1 heterocycles. The maximum Gasteiger partial charge on any atom is 0.230 e. The number of halogens is 1. The highest BCUT2D eigenvalue weighted by Crippen LogP contribution is 2.27. The van der Waals surface area contributed by atoms with Crippen molar-refractivity contribution < 1.29 is 9.18 Å². The molecule has 2 N–H and O–H groups in total. The zero-order valence-electron chi connectivity index (χ0n) is 13.3. The summed E-state index contributed by atoms with van der Waals surface area (Å²) in [6.07, 6.45) is 0. The first-order valence-electron chi connectivity index (χ1n) is 7.70. The van der Waals surface area contributed by atoms with Gasteiger partial charge in [-0.25, -0.2) is 9.37 Å². The van der Waals surface area contributed by atoms with Crippen LogP contribution in [-0.2, 0) is 11.3 Å². The normalized spacial score (nSPS) is 12.2. The van der Waals surface area contributed by atoms with Crippen LogP contribution < -0.4 is 5.32 Å². The molecule has 0 aliphatic heterocycles. The van der Waals surface area contributed by atoms with Crippen molar-refractivity contribution in [3.05, 3.63) is 65.7 Å². The standard InChI is InChI=1S/C18H18FN3OS/c1-12(18-21-15-8-4-5-9-16(15)22-18)24-11-17(23)20-10-13-6-2-3-7-14(13)19/h2-9,12H,10-11H2,1H3,(H,20,23)(H,21,22)/t12-/m1/s1. The average Bonchev–Trinajstić information content (AvgIpc) is 3.03. The highest BCUT2D eigenvalue weighted by molar-refractivity contribution is 8.00. The molecule has 0 spiro atoms. The number of rotatable bonds is 6. The zero-order chi connectivity index (χ0) is 16.9. The molecular weight excluding hydrogens is 325 g/mol. The number of benzene rings is 2. The molecular formula is C18H18FN3OS. The van der Waals surface area contributed by atoms with Gasteiger partial charge in [0.25, 0.3) is 0 Å². The largest absolute Gasteiger partial charge is 0.351 e. The van der Waals surface area contributed by atoms with Gasteiger partial charge in [0, 0.05) is 12.1 Å². The Morgan fingerprint density at radius 3 is 2.79 bits per heavy atom. The van der Waals surface area contributed by atoms with Crippen LogP contribution in [0, 0.1) is 5.82 Å². The van der Waals surface area contributed by atoms with E-state index in [9.17, 15) is 9.18 Å².